The van der Waals surface area contributed by atoms with Crippen molar-refractivity contribution in [3.63, 3.8) is 0 Å². The topological polar surface area (TPSA) is 26.0 Å². The van der Waals surface area contributed by atoms with Gasteiger partial charge in [-0.2, -0.15) is 0 Å². The lowest BCUT2D eigenvalue weighted by molar-refractivity contribution is 1.45. The quantitative estimate of drug-likeness (QED) is 0.665. The predicted octanol–water partition coefficient (Wildman–Crippen LogP) is 4.10. The molecule has 0 bridgehead atoms. The van der Waals surface area contributed by atoms with Crippen LogP contribution in [0.1, 0.15) is 5.56 Å². The Balaban J connectivity index is 2.81. The van der Waals surface area contributed by atoms with Gasteiger partial charge in [-0.15, -0.1) is 23.1 Å². The van der Waals surface area contributed by atoms with Crippen molar-refractivity contribution in [3.8, 4) is 0 Å². The van der Waals surface area contributed by atoms with E-state index in [-0.39, 0.29) is 0 Å². The van der Waals surface area contributed by atoms with Crippen molar-refractivity contribution in [2.45, 2.75) is 10.2 Å². The smallest absolute Gasteiger partial charge is 0.0506 e. The molecule has 2 aromatic rings. The molecule has 0 aliphatic carbocycles. The van der Waals surface area contributed by atoms with E-state index in [2.05, 4.69) is 34.3 Å². The molecule has 0 saturated heterocycles. The molecule has 1 heterocycles. The lowest BCUT2D eigenvalue weighted by atomic mass is 10.1. The van der Waals surface area contributed by atoms with Crippen LogP contribution in [0.4, 0.5) is 5.69 Å². The molecule has 14 heavy (non-hydrogen) atoms. The second-order valence-corrected chi connectivity index (χ2v) is 5.24. The summed E-state index contributed by atoms with van der Waals surface area (Å²) in [5, 5.41) is 4.11. The zero-order chi connectivity index (χ0) is 10.1. The summed E-state index contributed by atoms with van der Waals surface area (Å²) >= 11 is 6.98. The zero-order valence-corrected chi connectivity index (χ0v) is 10.9. The van der Waals surface area contributed by atoms with Crippen molar-refractivity contribution >= 4 is 54.8 Å². The Morgan fingerprint density at radius 2 is 2.29 bits per heavy atom. The van der Waals surface area contributed by atoms with Gasteiger partial charge in [0.05, 0.1) is 10.4 Å². The SMILES string of the molecule is CSc1ccc(CBr)c2c(N)csc12. The van der Waals surface area contributed by atoms with Crippen molar-refractivity contribution in [2.24, 2.45) is 0 Å². The predicted molar refractivity (Wildman–Crippen MR) is 70.6 cm³/mol. The van der Waals surface area contributed by atoms with Gasteiger partial charge < -0.3 is 5.73 Å². The van der Waals surface area contributed by atoms with Gasteiger partial charge in [-0.25, -0.2) is 0 Å². The van der Waals surface area contributed by atoms with E-state index in [1.807, 2.05) is 5.38 Å². The number of hydrogen-bond donors (Lipinski definition) is 1. The number of halogens is 1. The van der Waals surface area contributed by atoms with Crippen molar-refractivity contribution in [1.29, 1.82) is 0 Å². The van der Waals surface area contributed by atoms with E-state index in [0.29, 0.717) is 0 Å². The molecule has 4 heteroatoms. The van der Waals surface area contributed by atoms with Crippen LogP contribution in [0.5, 0.6) is 0 Å². The minimum atomic E-state index is 0.860. The molecular weight excluding hydrogens is 278 g/mol. The van der Waals surface area contributed by atoms with Gasteiger partial charge in [-0.3, -0.25) is 0 Å². The van der Waals surface area contributed by atoms with Crippen LogP contribution in [0, 0.1) is 0 Å². The number of benzene rings is 1. The van der Waals surface area contributed by atoms with E-state index < -0.39 is 0 Å². The Morgan fingerprint density at radius 1 is 1.50 bits per heavy atom. The number of thioether (sulfide) groups is 1. The molecule has 1 aromatic heterocycles. The number of thiophene rings is 1. The van der Waals surface area contributed by atoms with Gasteiger partial charge in [-0.1, -0.05) is 22.0 Å². The second-order valence-electron chi connectivity index (χ2n) is 2.96. The molecule has 2 N–H and O–H groups in total. The van der Waals surface area contributed by atoms with E-state index in [4.69, 9.17) is 5.73 Å². The van der Waals surface area contributed by atoms with Crippen LogP contribution in [-0.4, -0.2) is 6.26 Å². The van der Waals surface area contributed by atoms with E-state index >= 15 is 0 Å². The average Bonchev–Trinajstić information content (AvgIpc) is 2.60. The summed E-state index contributed by atoms with van der Waals surface area (Å²) in [5.74, 6) is 0. The molecule has 1 nitrogen and oxygen atoms in total. The summed E-state index contributed by atoms with van der Waals surface area (Å²) in [6.45, 7) is 0. The Hall–Kier alpha value is -0.190. The van der Waals surface area contributed by atoms with Crippen molar-refractivity contribution in [2.75, 3.05) is 12.0 Å². The Morgan fingerprint density at radius 3 is 2.93 bits per heavy atom. The van der Waals surface area contributed by atoms with Crippen LogP contribution in [-0.2, 0) is 5.33 Å². The molecule has 0 radical (unpaired) electrons. The normalized spacial score (nSPS) is 11.0. The molecule has 0 unspecified atom stereocenters. The van der Waals surface area contributed by atoms with Crippen molar-refractivity contribution < 1.29 is 0 Å². The highest BCUT2D eigenvalue weighted by Gasteiger charge is 2.09. The summed E-state index contributed by atoms with van der Waals surface area (Å²) < 4.78 is 1.31. The van der Waals surface area contributed by atoms with Crippen molar-refractivity contribution in [1.82, 2.24) is 0 Å². The van der Waals surface area contributed by atoms with Crippen LogP contribution in [0.25, 0.3) is 10.1 Å². The van der Waals surface area contributed by atoms with E-state index in [1.165, 1.54) is 20.5 Å². The fourth-order valence-electron chi connectivity index (χ4n) is 1.49. The number of rotatable bonds is 2. The second kappa shape index (κ2) is 4.13. The maximum absolute atomic E-state index is 5.96. The fourth-order valence-corrected chi connectivity index (χ4v) is 3.76. The molecule has 0 fully saturated rings. The highest BCUT2D eigenvalue weighted by molar-refractivity contribution is 9.08. The Labute approximate surface area is 99.8 Å². The first-order chi connectivity index (χ1) is 6.77. The summed E-state index contributed by atoms with van der Waals surface area (Å²) in [5.41, 5.74) is 8.13. The Kier molecular flexibility index (Phi) is 3.04. The molecule has 0 saturated carbocycles. The first-order valence-corrected chi connectivity index (χ1v) is 7.39. The standard InChI is InChI=1S/C10H10BrNS2/c1-13-8-3-2-6(4-11)9-7(12)5-14-10(8)9/h2-3,5H,4,12H2,1H3. The molecular formula is C10H10BrNS2. The zero-order valence-electron chi connectivity index (χ0n) is 7.71. The lowest BCUT2D eigenvalue weighted by Gasteiger charge is -2.04. The summed E-state index contributed by atoms with van der Waals surface area (Å²) in [6, 6.07) is 4.31. The number of nitrogens with two attached hydrogens (primary N) is 1. The van der Waals surface area contributed by atoms with Crippen LogP contribution < -0.4 is 5.73 Å². The lowest BCUT2D eigenvalue weighted by Crippen LogP contribution is -1.86. The molecule has 0 aliphatic heterocycles. The van der Waals surface area contributed by atoms with Crippen LogP contribution in [0.3, 0.4) is 0 Å². The van der Waals surface area contributed by atoms with Gasteiger partial charge in [0.25, 0.3) is 0 Å². The molecule has 0 spiro atoms. The Bertz CT molecular complexity index is 464. The monoisotopic (exact) mass is 287 g/mol. The maximum atomic E-state index is 5.96. The van der Waals surface area contributed by atoms with Gasteiger partial charge in [0.1, 0.15) is 0 Å². The highest BCUT2D eigenvalue weighted by atomic mass is 79.9. The van der Waals surface area contributed by atoms with Gasteiger partial charge in [-0.05, 0) is 17.9 Å². The summed E-state index contributed by atoms with van der Waals surface area (Å²) in [7, 11) is 0. The van der Waals surface area contributed by atoms with Crippen LogP contribution in [0.2, 0.25) is 0 Å². The third-order valence-electron chi connectivity index (χ3n) is 2.16. The minimum Gasteiger partial charge on any atom is -0.398 e. The highest BCUT2D eigenvalue weighted by Crippen LogP contribution is 2.38. The summed E-state index contributed by atoms with van der Waals surface area (Å²) in [4.78, 5) is 1.31. The van der Waals surface area contributed by atoms with Gasteiger partial charge in [0, 0.05) is 21.0 Å². The van der Waals surface area contributed by atoms with Crippen molar-refractivity contribution in [3.05, 3.63) is 23.1 Å². The summed E-state index contributed by atoms with van der Waals surface area (Å²) in [6.07, 6.45) is 2.10. The van der Waals surface area contributed by atoms with Gasteiger partial charge >= 0.3 is 0 Å². The van der Waals surface area contributed by atoms with Crippen LogP contribution in [0.15, 0.2) is 22.4 Å². The number of alkyl halides is 1. The average molecular weight is 288 g/mol. The first kappa shape index (κ1) is 10.3. The molecule has 0 aliphatic rings. The fraction of sp³-hybridized carbons (Fsp3) is 0.200. The van der Waals surface area contributed by atoms with Gasteiger partial charge in [0.2, 0.25) is 0 Å². The minimum absolute atomic E-state index is 0.860. The van der Waals surface area contributed by atoms with E-state index in [1.54, 1.807) is 23.1 Å². The third-order valence-corrected chi connectivity index (χ3v) is 4.71. The number of fused-ring (bicyclic) bond motifs is 1. The molecule has 2 rings (SSSR count). The largest absolute Gasteiger partial charge is 0.398 e. The van der Waals surface area contributed by atoms with Crippen LogP contribution >= 0.6 is 39.0 Å². The number of nitrogen functional groups attached to an aromatic ring is 1. The third kappa shape index (κ3) is 1.55. The maximum Gasteiger partial charge on any atom is 0.0506 e. The molecule has 0 atom stereocenters. The molecule has 0 amide bonds. The first-order valence-electron chi connectivity index (χ1n) is 4.16. The van der Waals surface area contributed by atoms with Gasteiger partial charge in [0.15, 0.2) is 0 Å². The van der Waals surface area contributed by atoms with E-state index in [0.717, 1.165) is 11.0 Å². The molecule has 74 valence electrons. The molecule has 1 aromatic carbocycles. The van der Waals surface area contributed by atoms with E-state index in [9.17, 15) is 0 Å². The number of anilines is 1. The number of hydrogen-bond acceptors (Lipinski definition) is 3.